The SMILES string of the molecule is c1ccc(N[NH][Zn][c]2ccccn2)cc1. The number of pyridine rings is 1. The molecular weight excluding hydrogens is 240 g/mol. The van der Waals surface area contributed by atoms with Gasteiger partial charge in [0.25, 0.3) is 0 Å². The van der Waals surface area contributed by atoms with Gasteiger partial charge in [-0.1, -0.05) is 0 Å². The molecule has 1 aromatic heterocycles. The number of hydrogen-bond donors (Lipinski definition) is 2. The minimum atomic E-state index is -0.958. The number of rotatable bonds is 4. The van der Waals surface area contributed by atoms with Crippen molar-refractivity contribution in [2.24, 2.45) is 0 Å². The van der Waals surface area contributed by atoms with Gasteiger partial charge in [-0.25, -0.2) is 0 Å². The molecule has 2 rings (SSSR count). The van der Waals surface area contributed by atoms with Crippen molar-refractivity contribution in [3.8, 4) is 0 Å². The van der Waals surface area contributed by atoms with E-state index in [4.69, 9.17) is 0 Å². The Balaban J connectivity index is 1.81. The summed E-state index contributed by atoms with van der Waals surface area (Å²) in [5.74, 6) is 0. The summed E-state index contributed by atoms with van der Waals surface area (Å²) in [6.45, 7) is 0. The van der Waals surface area contributed by atoms with Crippen LogP contribution >= 0.6 is 0 Å². The van der Waals surface area contributed by atoms with E-state index in [9.17, 15) is 0 Å². The summed E-state index contributed by atoms with van der Waals surface area (Å²) in [6.07, 6.45) is 1.84. The molecule has 0 atom stereocenters. The van der Waals surface area contributed by atoms with Crippen LogP contribution < -0.4 is 13.9 Å². The minimum absolute atomic E-state index is 0.958. The van der Waals surface area contributed by atoms with Gasteiger partial charge >= 0.3 is 96.6 Å². The summed E-state index contributed by atoms with van der Waals surface area (Å²) >= 11 is -0.958. The quantitative estimate of drug-likeness (QED) is 0.635. The number of anilines is 1. The molecule has 0 fully saturated rings. The maximum atomic E-state index is 4.29. The molecule has 72 valence electrons. The molecule has 0 saturated heterocycles. The fraction of sp³-hybridized carbons (Fsp3) is 0. The molecule has 2 N–H and O–H groups in total. The number of para-hydroxylation sites is 1. The average Bonchev–Trinajstić information content (AvgIpc) is 2.32. The van der Waals surface area contributed by atoms with Crippen molar-refractivity contribution in [3.63, 3.8) is 0 Å². The van der Waals surface area contributed by atoms with Crippen LogP contribution in [0.2, 0.25) is 0 Å². The van der Waals surface area contributed by atoms with E-state index in [0.29, 0.717) is 0 Å². The zero-order valence-corrected chi connectivity index (χ0v) is 11.3. The standard InChI is InChI=1S/C6H7N2.C5H4N.Zn/c7-8-6-4-2-1-3-5-6;1-2-4-6-5-3-1;/h1-5,7-8H;1-4H;/q-1;;+1. The fourth-order valence-electron chi connectivity index (χ4n) is 1.26. The van der Waals surface area contributed by atoms with Gasteiger partial charge in [0, 0.05) is 0 Å². The van der Waals surface area contributed by atoms with E-state index in [1.54, 1.807) is 0 Å². The number of nitrogens with one attached hydrogen (secondary N) is 2. The van der Waals surface area contributed by atoms with Crippen LogP contribution in [0, 0.1) is 0 Å². The van der Waals surface area contributed by atoms with Crippen LogP contribution in [0.25, 0.3) is 0 Å². The number of nitrogens with zero attached hydrogens (tertiary/aromatic N) is 1. The van der Waals surface area contributed by atoms with Crippen LogP contribution in [0.1, 0.15) is 0 Å². The fourth-order valence-corrected chi connectivity index (χ4v) is 3.20. The Morgan fingerprint density at radius 2 is 1.73 bits per heavy atom. The van der Waals surface area contributed by atoms with E-state index >= 15 is 0 Å². The maximum absolute atomic E-state index is 4.29. The average molecular weight is 251 g/mol. The number of aromatic nitrogens is 1. The Morgan fingerprint density at radius 3 is 2.47 bits per heavy atom. The van der Waals surface area contributed by atoms with Gasteiger partial charge in [0.1, 0.15) is 0 Å². The van der Waals surface area contributed by atoms with Gasteiger partial charge < -0.3 is 0 Å². The Hall–Kier alpha value is -1.25. The Morgan fingerprint density at radius 1 is 0.933 bits per heavy atom. The van der Waals surface area contributed by atoms with Gasteiger partial charge in [-0.2, -0.15) is 0 Å². The molecule has 0 spiro atoms. The molecule has 0 aliphatic carbocycles. The molecule has 1 aromatic carbocycles. The Labute approximate surface area is 96.8 Å². The molecule has 0 saturated carbocycles. The van der Waals surface area contributed by atoms with E-state index in [-0.39, 0.29) is 0 Å². The third-order valence-electron chi connectivity index (χ3n) is 2.00. The van der Waals surface area contributed by atoms with Gasteiger partial charge in [-0.15, -0.1) is 0 Å². The normalized spacial score (nSPS) is 9.33. The van der Waals surface area contributed by atoms with Gasteiger partial charge in [0.05, 0.1) is 0 Å². The molecule has 3 nitrogen and oxygen atoms in total. The third kappa shape index (κ3) is 3.42. The van der Waals surface area contributed by atoms with E-state index in [0.717, 1.165) is 5.69 Å². The molecule has 1 heterocycles. The first-order chi connectivity index (χ1) is 7.45. The van der Waals surface area contributed by atoms with E-state index in [1.165, 1.54) is 4.29 Å². The molecule has 2 aromatic rings. The van der Waals surface area contributed by atoms with Crippen LogP contribution in [0.4, 0.5) is 5.69 Å². The van der Waals surface area contributed by atoms with Crippen molar-refractivity contribution in [3.05, 3.63) is 54.7 Å². The first-order valence-electron chi connectivity index (χ1n) is 4.89. The topological polar surface area (TPSA) is 37.0 Å². The molecule has 15 heavy (non-hydrogen) atoms. The van der Waals surface area contributed by atoms with Crippen molar-refractivity contribution in [2.75, 3.05) is 5.43 Å². The van der Waals surface area contributed by atoms with Crippen LogP contribution in [0.3, 0.4) is 0 Å². The zero-order valence-electron chi connectivity index (χ0n) is 8.35. The molecular formula is C11H11N3Zn. The van der Waals surface area contributed by atoms with Gasteiger partial charge in [-0.05, 0) is 0 Å². The molecule has 0 amide bonds. The molecule has 0 aliphatic heterocycles. The molecule has 0 bridgehead atoms. The van der Waals surface area contributed by atoms with Crippen molar-refractivity contribution in [1.29, 1.82) is 0 Å². The Kier molecular flexibility index (Phi) is 3.83. The van der Waals surface area contributed by atoms with Crippen molar-refractivity contribution in [2.45, 2.75) is 0 Å². The van der Waals surface area contributed by atoms with Crippen LogP contribution in [0.5, 0.6) is 0 Å². The zero-order chi connectivity index (χ0) is 10.3. The monoisotopic (exact) mass is 249 g/mol. The van der Waals surface area contributed by atoms with E-state index in [1.807, 2.05) is 48.7 Å². The molecule has 0 radical (unpaired) electrons. The van der Waals surface area contributed by atoms with Crippen LogP contribution in [0.15, 0.2) is 54.7 Å². The second kappa shape index (κ2) is 5.59. The van der Waals surface area contributed by atoms with Crippen molar-refractivity contribution in [1.82, 2.24) is 9.15 Å². The summed E-state index contributed by atoms with van der Waals surface area (Å²) in [5, 5.41) is 0. The second-order valence-electron chi connectivity index (χ2n) is 3.17. The molecule has 0 aliphatic rings. The Bertz CT molecular complexity index is 352. The van der Waals surface area contributed by atoms with Crippen LogP contribution in [-0.2, 0) is 17.4 Å². The van der Waals surface area contributed by atoms with Crippen molar-refractivity contribution >= 4 is 9.98 Å². The third-order valence-corrected chi connectivity index (χ3v) is 4.38. The summed E-state index contributed by atoms with van der Waals surface area (Å²) < 4.78 is 4.50. The van der Waals surface area contributed by atoms with Gasteiger partial charge in [-0.3, -0.25) is 0 Å². The second-order valence-corrected chi connectivity index (χ2v) is 6.17. The summed E-state index contributed by atoms with van der Waals surface area (Å²) in [6, 6.07) is 16.1. The summed E-state index contributed by atoms with van der Waals surface area (Å²) in [5.41, 5.74) is 4.28. The molecule has 4 heteroatoms. The van der Waals surface area contributed by atoms with Gasteiger partial charge in [0.2, 0.25) is 0 Å². The summed E-state index contributed by atoms with van der Waals surface area (Å²) in [4.78, 5) is 4.29. The number of hydrogen-bond acceptors (Lipinski definition) is 3. The predicted octanol–water partition coefficient (Wildman–Crippen LogP) is 1.32. The van der Waals surface area contributed by atoms with Gasteiger partial charge in [0.15, 0.2) is 0 Å². The first kappa shape index (κ1) is 10.3. The van der Waals surface area contributed by atoms with Crippen LogP contribution in [-0.4, -0.2) is 4.98 Å². The van der Waals surface area contributed by atoms with E-state index in [2.05, 4.69) is 20.6 Å². The predicted molar refractivity (Wildman–Crippen MR) is 57.1 cm³/mol. The number of hydrazine groups is 1. The van der Waals surface area contributed by atoms with E-state index < -0.39 is 17.4 Å². The van der Waals surface area contributed by atoms with Crippen molar-refractivity contribution < 1.29 is 17.4 Å². The summed E-state index contributed by atoms with van der Waals surface area (Å²) in [7, 11) is 0. The first-order valence-corrected chi connectivity index (χ1v) is 7.86. The number of benzene rings is 1. The molecule has 0 unspecified atom stereocenters.